The van der Waals surface area contributed by atoms with Crippen LogP contribution in [0.4, 0.5) is 5.95 Å². The summed E-state index contributed by atoms with van der Waals surface area (Å²) in [6.45, 7) is 2.78. The quantitative estimate of drug-likeness (QED) is 0.812. The standard InChI is InChI=1S/C17H17ClN4O/c18-15-5-2-1-4-14(15)6-7-16(23)21-10-12-22(13-11-21)17-19-8-3-9-20-17/h1-9H,10-13H2/b7-6+. The molecule has 0 N–H and O–H groups in total. The Bertz CT molecular complexity index is 697. The molecule has 3 rings (SSSR count). The molecule has 0 radical (unpaired) electrons. The van der Waals surface area contributed by atoms with Crippen molar-refractivity contribution in [1.29, 1.82) is 0 Å². The van der Waals surface area contributed by atoms with Crippen molar-refractivity contribution in [1.82, 2.24) is 14.9 Å². The molecule has 0 saturated carbocycles. The van der Waals surface area contributed by atoms with E-state index < -0.39 is 0 Å². The van der Waals surface area contributed by atoms with E-state index in [0.717, 1.165) is 18.7 Å². The van der Waals surface area contributed by atoms with Crippen LogP contribution in [0.3, 0.4) is 0 Å². The summed E-state index contributed by atoms with van der Waals surface area (Å²) in [5.41, 5.74) is 0.846. The van der Waals surface area contributed by atoms with Gasteiger partial charge in [-0.1, -0.05) is 29.8 Å². The smallest absolute Gasteiger partial charge is 0.246 e. The lowest BCUT2D eigenvalue weighted by molar-refractivity contribution is -0.126. The van der Waals surface area contributed by atoms with Crippen molar-refractivity contribution in [3.63, 3.8) is 0 Å². The van der Waals surface area contributed by atoms with Gasteiger partial charge in [0.15, 0.2) is 0 Å². The summed E-state index contributed by atoms with van der Waals surface area (Å²) in [4.78, 5) is 24.7. The number of amides is 1. The highest BCUT2D eigenvalue weighted by atomic mass is 35.5. The van der Waals surface area contributed by atoms with Crippen molar-refractivity contribution in [2.24, 2.45) is 0 Å². The van der Waals surface area contributed by atoms with Gasteiger partial charge >= 0.3 is 0 Å². The van der Waals surface area contributed by atoms with E-state index in [0.29, 0.717) is 24.1 Å². The van der Waals surface area contributed by atoms with Gasteiger partial charge in [0.05, 0.1) is 0 Å². The minimum atomic E-state index is -0.00134. The Kier molecular flexibility index (Phi) is 4.88. The molecule has 0 unspecified atom stereocenters. The number of carbonyl (C=O) groups is 1. The molecule has 1 aliphatic heterocycles. The molecule has 1 aromatic carbocycles. The molecule has 5 nitrogen and oxygen atoms in total. The summed E-state index contributed by atoms with van der Waals surface area (Å²) < 4.78 is 0. The average molecular weight is 329 g/mol. The molecule has 0 bridgehead atoms. The van der Waals surface area contributed by atoms with Gasteiger partial charge in [-0.05, 0) is 23.8 Å². The van der Waals surface area contributed by atoms with E-state index in [1.807, 2.05) is 29.2 Å². The van der Waals surface area contributed by atoms with Gasteiger partial charge in [0, 0.05) is 49.7 Å². The first-order valence-corrected chi connectivity index (χ1v) is 7.85. The molecule has 23 heavy (non-hydrogen) atoms. The zero-order valence-electron chi connectivity index (χ0n) is 12.6. The molecule has 1 saturated heterocycles. The highest BCUT2D eigenvalue weighted by molar-refractivity contribution is 6.32. The van der Waals surface area contributed by atoms with Crippen LogP contribution in [-0.2, 0) is 4.79 Å². The molecule has 0 aliphatic carbocycles. The van der Waals surface area contributed by atoms with Crippen LogP contribution in [0.5, 0.6) is 0 Å². The van der Waals surface area contributed by atoms with Crippen molar-refractivity contribution in [2.75, 3.05) is 31.1 Å². The second-order valence-electron chi connectivity index (χ2n) is 5.22. The van der Waals surface area contributed by atoms with Gasteiger partial charge in [-0.25, -0.2) is 9.97 Å². The molecule has 1 fully saturated rings. The third kappa shape index (κ3) is 3.87. The van der Waals surface area contributed by atoms with Gasteiger partial charge in [0.2, 0.25) is 11.9 Å². The van der Waals surface area contributed by atoms with Gasteiger partial charge < -0.3 is 9.80 Å². The van der Waals surface area contributed by atoms with Crippen molar-refractivity contribution in [2.45, 2.75) is 0 Å². The Morgan fingerprint density at radius 2 is 1.74 bits per heavy atom. The maximum atomic E-state index is 12.3. The molecular formula is C17H17ClN4O. The predicted molar refractivity (Wildman–Crippen MR) is 91.3 cm³/mol. The summed E-state index contributed by atoms with van der Waals surface area (Å²) in [6.07, 6.45) is 6.80. The van der Waals surface area contributed by atoms with Gasteiger partial charge in [0.1, 0.15) is 0 Å². The monoisotopic (exact) mass is 328 g/mol. The first-order chi connectivity index (χ1) is 11.2. The van der Waals surface area contributed by atoms with Gasteiger partial charge in [-0.15, -0.1) is 0 Å². The number of piperazine rings is 1. The van der Waals surface area contributed by atoms with Crippen molar-refractivity contribution in [3.05, 3.63) is 59.4 Å². The lowest BCUT2D eigenvalue weighted by Crippen LogP contribution is -2.48. The Hall–Kier alpha value is -2.40. The van der Waals surface area contributed by atoms with E-state index in [1.165, 1.54) is 0 Å². The summed E-state index contributed by atoms with van der Waals surface area (Å²) in [7, 11) is 0. The maximum absolute atomic E-state index is 12.3. The fourth-order valence-electron chi connectivity index (χ4n) is 2.46. The lowest BCUT2D eigenvalue weighted by Gasteiger charge is -2.34. The summed E-state index contributed by atoms with van der Waals surface area (Å²) in [5, 5.41) is 0.641. The number of halogens is 1. The van der Waals surface area contributed by atoms with Gasteiger partial charge in [-0.2, -0.15) is 0 Å². The largest absolute Gasteiger partial charge is 0.337 e. The van der Waals surface area contributed by atoms with Crippen LogP contribution < -0.4 is 4.90 Å². The lowest BCUT2D eigenvalue weighted by atomic mass is 10.2. The number of benzene rings is 1. The number of rotatable bonds is 3. The molecular weight excluding hydrogens is 312 g/mol. The second-order valence-corrected chi connectivity index (χ2v) is 5.62. The molecule has 2 heterocycles. The van der Waals surface area contributed by atoms with Crippen LogP contribution >= 0.6 is 11.6 Å². The van der Waals surface area contributed by atoms with Crippen LogP contribution in [0.1, 0.15) is 5.56 Å². The van der Waals surface area contributed by atoms with E-state index >= 15 is 0 Å². The number of carbonyl (C=O) groups excluding carboxylic acids is 1. The second kappa shape index (κ2) is 7.24. The van der Waals surface area contributed by atoms with Crippen molar-refractivity contribution < 1.29 is 4.79 Å². The number of aromatic nitrogens is 2. The fraction of sp³-hybridized carbons (Fsp3) is 0.235. The predicted octanol–water partition coefficient (Wildman–Crippen LogP) is 2.49. The maximum Gasteiger partial charge on any atom is 0.246 e. The van der Waals surface area contributed by atoms with E-state index in [-0.39, 0.29) is 5.91 Å². The molecule has 0 spiro atoms. The Morgan fingerprint density at radius 1 is 1.04 bits per heavy atom. The van der Waals surface area contributed by atoms with Crippen LogP contribution in [0.2, 0.25) is 5.02 Å². The highest BCUT2D eigenvalue weighted by Gasteiger charge is 2.20. The van der Waals surface area contributed by atoms with Crippen LogP contribution in [0.15, 0.2) is 48.8 Å². The Morgan fingerprint density at radius 3 is 2.43 bits per heavy atom. The minimum absolute atomic E-state index is 0.00134. The highest BCUT2D eigenvalue weighted by Crippen LogP contribution is 2.16. The fourth-order valence-corrected chi connectivity index (χ4v) is 2.66. The Labute approximate surface area is 140 Å². The zero-order valence-corrected chi connectivity index (χ0v) is 13.4. The number of nitrogens with zero attached hydrogens (tertiary/aromatic N) is 4. The molecule has 1 aromatic heterocycles. The Balaban J connectivity index is 1.57. The van der Waals surface area contributed by atoms with E-state index in [1.54, 1.807) is 30.6 Å². The van der Waals surface area contributed by atoms with Crippen LogP contribution in [0, 0.1) is 0 Å². The molecule has 1 amide bonds. The zero-order chi connectivity index (χ0) is 16.1. The van der Waals surface area contributed by atoms with E-state index in [9.17, 15) is 4.79 Å². The molecule has 1 aliphatic rings. The van der Waals surface area contributed by atoms with Crippen molar-refractivity contribution in [3.8, 4) is 0 Å². The molecule has 2 aromatic rings. The number of hydrogen-bond acceptors (Lipinski definition) is 4. The van der Waals surface area contributed by atoms with Crippen LogP contribution in [0.25, 0.3) is 6.08 Å². The van der Waals surface area contributed by atoms with Gasteiger partial charge in [-0.3, -0.25) is 4.79 Å². The molecule has 0 atom stereocenters. The third-order valence-electron chi connectivity index (χ3n) is 3.74. The first kappa shape index (κ1) is 15.5. The SMILES string of the molecule is O=C(/C=C/c1ccccc1Cl)N1CCN(c2ncccn2)CC1. The summed E-state index contributed by atoms with van der Waals surface area (Å²) >= 11 is 6.08. The van der Waals surface area contributed by atoms with Crippen molar-refractivity contribution >= 4 is 29.5 Å². The minimum Gasteiger partial charge on any atom is -0.337 e. The third-order valence-corrected chi connectivity index (χ3v) is 4.08. The summed E-state index contributed by atoms with van der Waals surface area (Å²) in [6, 6.07) is 9.25. The molecule has 118 valence electrons. The van der Waals surface area contributed by atoms with E-state index in [2.05, 4.69) is 14.9 Å². The first-order valence-electron chi connectivity index (χ1n) is 7.47. The summed E-state index contributed by atoms with van der Waals surface area (Å²) in [5.74, 6) is 0.713. The topological polar surface area (TPSA) is 49.3 Å². The number of hydrogen-bond donors (Lipinski definition) is 0. The van der Waals surface area contributed by atoms with E-state index in [4.69, 9.17) is 11.6 Å². The molecule has 6 heteroatoms. The number of anilines is 1. The van der Waals surface area contributed by atoms with Crippen LogP contribution in [-0.4, -0.2) is 47.0 Å². The van der Waals surface area contributed by atoms with Gasteiger partial charge in [0.25, 0.3) is 0 Å². The normalized spacial score (nSPS) is 15.2. The average Bonchev–Trinajstić information content (AvgIpc) is 2.62.